The number of rotatable bonds is 5. The summed E-state index contributed by atoms with van der Waals surface area (Å²) in [7, 11) is 0. The van der Waals surface area contributed by atoms with Crippen LogP contribution in [-0.2, 0) is 4.79 Å². The van der Waals surface area contributed by atoms with E-state index in [0.29, 0.717) is 24.0 Å². The van der Waals surface area contributed by atoms with Crippen LogP contribution in [0, 0.1) is 11.8 Å². The van der Waals surface area contributed by atoms with Gasteiger partial charge in [-0.25, -0.2) is 0 Å². The van der Waals surface area contributed by atoms with Crippen molar-refractivity contribution in [2.45, 2.75) is 57.8 Å². The summed E-state index contributed by atoms with van der Waals surface area (Å²) in [5, 5.41) is 0. The second kappa shape index (κ2) is 9.64. The Bertz CT molecular complexity index is 708. The summed E-state index contributed by atoms with van der Waals surface area (Å²) in [6, 6.07) is 7.57. The zero-order valence-electron chi connectivity index (χ0n) is 17.5. The van der Waals surface area contributed by atoms with E-state index in [0.717, 1.165) is 70.5 Å². The molecule has 2 aliphatic heterocycles. The summed E-state index contributed by atoms with van der Waals surface area (Å²) < 4.78 is 6.06. The van der Waals surface area contributed by atoms with Crippen molar-refractivity contribution in [1.29, 1.82) is 0 Å². The quantitative estimate of drug-likeness (QED) is 0.750. The van der Waals surface area contributed by atoms with Crippen LogP contribution in [0.2, 0.25) is 0 Å². The molecule has 1 aliphatic carbocycles. The van der Waals surface area contributed by atoms with Gasteiger partial charge in [-0.2, -0.15) is 0 Å². The molecule has 3 aliphatic rings. The van der Waals surface area contributed by atoms with Crippen molar-refractivity contribution >= 4 is 11.8 Å². The molecule has 1 aromatic rings. The van der Waals surface area contributed by atoms with E-state index in [1.165, 1.54) is 19.3 Å². The van der Waals surface area contributed by atoms with E-state index < -0.39 is 0 Å². The van der Waals surface area contributed by atoms with Gasteiger partial charge in [0.2, 0.25) is 5.91 Å². The molecule has 4 rings (SSSR count). The van der Waals surface area contributed by atoms with Gasteiger partial charge in [0.25, 0.3) is 5.91 Å². The van der Waals surface area contributed by atoms with Gasteiger partial charge in [-0.05, 0) is 56.7 Å². The number of ether oxygens (including phenoxy) is 1. The van der Waals surface area contributed by atoms with Crippen LogP contribution in [-0.4, -0.2) is 54.4 Å². The first-order valence-electron chi connectivity index (χ1n) is 11.5. The van der Waals surface area contributed by atoms with E-state index in [1.54, 1.807) is 0 Å². The molecule has 2 heterocycles. The van der Waals surface area contributed by atoms with Gasteiger partial charge in [0.05, 0.1) is 6.61 Å². The number of nitrogens with zero attached hydrogens (tertiary/aromatic N) is 2. The Morgan fingerprint density at radius 1 is 0.897 bits per heavy atom. The van der Waals surface area contributed by atoms with Crippen LogP contribution in [0.5, 0.6) is 5.75 Å². The average Bonchev–Trinajstić information content (AvgIpc) is 3.33. The van der Waals surface area contributed by atoms with Crippen molar-refractivity contribution in [3.8, 4) is 5.75 Å². The average molecular weight is 399 g/mol. The Labute approximate surface area is 174 Å². The number of hydrogen-bond acceptors (Lipinski definition) is 3. The van der Waals surface area contributed by atoms with Crippen molar-refractivity contribution in [2.75, 3.05) is 32.8 Å². The van der Waals surface area contributed by atoms with E-state index in [2.05, 4.69) is 4.90 Å². The summed E-state index contributed by atoms with van der Waals surface area (Å²) in [6.45, 7) is 4.02. The Hall–Kier alpha value is -2.04. The molecular formula is C24H34N2O3. The summed E-state index contributed by atoms with van der Waals surface area (Å²) in [5.41, 5.74) is 0.710. The molecule has 29 heavy (non-hydrogen) atoms. The van der Waals surface area contributed by atoms with Gasteiger partial charge in [-0.3, -0.25) is 9.59 Å². The lowest BCUT2D eigenvalue weighted by atomic mass is 9.87. The highest BCUT2D eigenvalue weighted by atomic mass is 16.5. The standard InChI is InChI=1S/C24H34N2O3/c27-23(20-9-2-1-3-10-20)26-15-7-8-19(17-26)18-29-22-12-6-11-21(16-22)24(28)25-13-4-5-14-25/h6,11-12,16,19-20H,1-5,7-10,13-15,17-18H2. The van der Waals surface area contributed by atoms with Crippen LogP contribution in [0.25, 0.3) is 0 Å². The lowest BCUT2D eigenvalue weighted by Crippen LogP contribution is -2.44. The molecule has 2 saturated heterocycles. The van der Waals surface area contributed by atoms with Gasteiger partial charge in [-0.1, -0.05) is 25.3 Å². The Kier molecular flexibility index (Phi) is 6.73. The summed E-state index contributed by atoms with van der Waals surface area (Å²) in [5.74, 6) is 1.85. The lowest BCUT2D eigenvalue weighted by Gasteiger charge is -2.35. The smallest absolute Gasteiger partial charge is 0.253 e. The third-order valence-electron chi connectivity index (χ3n) is 6.75. The van der Waals surface area contributed by atoms with Crippen molar-refractivity contribution in [3.63, 3.8) is 0 Å². The van der Waals surface area contributed by atoms with Crippen molar-refractivity contribution in [1.82, 2.24) is 9.80 Å². The highest BCUT2D eigenvalue weighted by Gasteiger charge is 2.30. The molecule has 0 aromatic heterocycles. The number of benzene rings is 1. The molecule has 2 amide bonds. The molecule has 5 heteroatoms. The van der Waals surface area contributed by atoms with Crippen LogP contribution in [0.4, 0.5) is 0 Å². The second-order valence-corrected chi connectivity index (χ2v) is 8.97. The number of likely N-dealkylation sites (tertiary alicyclic amines) is 2. The van der Waals surface area contributed by atoms with Crippen LogP contribution in [0.15, 0.2) is 24.3 Å². The van der Waals surface area contributed by atoms with Crippen LogP contribution < -0.4 is 4.74 Å². The third kappa shape index (κ3) is 5.12. The van der Waals surface area contributed by atoms with Gasteiger partial charge in [-0.15, -0.1) is 0 Å². The monoisotopic (exact) mass is 398 g/mol. The predicted octanol–water partition coefficient (Wildman–Crippen LogP) is 4.12. The predicted molar refractivity (Wildman–Crippen MR) is 113 cm³/mol. The molecule has 158 valence electrons. The minimum absolute atomic E-state index is 0.106. The molecular weight excluding hydrogens is 364 g/mol. The van der Waals surface area contributed by atoms with Crippen LogP contribution >= 0.6 is 0 Å². The molecule has 3 fully saturated rings. The van der Waals surface area contributed by atoms with E-state index >= 15 is 0 Å². The number of piperidine rings is 1. The lowest BCUT2D eigenvalue weighted by molar-refractivity contribution is -0.138. The maximum absolute atomic E-state index is 12.9. The largest absolute Gasteiger partial charge is 0.493 e. The van der Waals surface area contributed by atoms with Crippen molar-refractivity contribution in [3.05, 3.63) is 29.8 Å². The summed E-state index contributed by atoms with van der Waals surface area (Å²) in [4.78, 5) is 29.5. The van der Waals surface area contributed by atoms with Gasteiger partial charge in [0.1, 0.15) is 5.75 Å². The minimum Gasteiger partial charge on any atom is -0.493 e. The van der Waals surface area contributed by atoms with Crippen molar-refractivity contribution in [2.24, 2.45) is 11.8 Å². The molecule has 1 unspecified atom stereocenters. The van der Waals surface area contributed by atoms with Gasteiger partial charge < -0.3 is 14.5 Å². The van der Waals surface area contributed by atoms with Crippen molar-refractivity contribution < 1.29 is 14.3 Å². The Balaban J connectivity index is 1.30. The second-order valence-electron chi connectivity index (χ2n) is 8.97. The number of carbonyl (C=O) groups is 2. The number of hydrogen-bond donors (Lipinski definition) is 0. The fraction of sp³-hybridized carbons (Fsp3) is 0.667. The Morgan fingerprint density at radius 2 is 1.66 bits per heavy atom. The summed E-state index contributed by atoms with van der Waals surface area (Å²) >= 11 is 0. The SMILES string of the molecule is O=C(c1cccc(OCC2CCCN(C(=O)C3CCCCC3)C2)c1)N1CCCC1. The fourth-order valence-corrected chi connectivity index (χ4v) is 5.04. The first kappa shape index (κ1) is 20.2. The topological polar surface area (TPSA) is 49.9 Å². The zero-order valence-corrected chi connectivity index (χ0v) is 17.5. The van der Waals surface area contributed by atoms with Crippen LogP contribution in [0.1, 0.15) is 68.1 Å². The van der Waals surface area contributed by atoms with Gasteiger partial charge in [0, 0.05) is 43.6 Å². The minimum atomic E-state index is 0.106. The molecule has 1 atom stereocenters. The van der Waals surface area contributed by atoms with Gasteiger partial charge >= 0.3 is 0 Å². The first-order valence-corrected chi connectivity index (χ1v) is 11.5. The van der Waals surface area contributed by atoms with E-state index in [-0.39, 0.29) is 11.8 Å². The fourth-order valence-electron chi connectivity index (χ4n) is 5.04. The third-order valence-corrected chi connectivity index (χ3v) is 6.75. The highest BCUT2D eigenvalue weighted by Crippen LogP contribution is 2.28. The maximum Gasteiger partial charge on any atom is 0.253 e. The number of carbonyl (C=O) groups excluding carboxylic acids is 2. The molecule has 0 N–H and O–H groups in total. The normalized spacial score (nSPS) is 23.2. The molecule has 5 nitrogen and oxygen atoms in total. The molecule has 0 bridgehead atoms. The van der Waals surface area contributed by atoms with Gasteiger partial charge in [0.15, 0.2) is 0 Å². The van der Waals surface area contributed by atoms with E-state index in [4.69, 9.17) is 4.74 Å². The zero-order chi connectivity index (χ0) is 20.1. The van der Waals surface area contributed by atoms with E-state index in [9.17, 15) is 9.59 Å². The Morgan fingerprint density at radius 3 is 2.45 bits per heavy atom. The van der Waals surface area contributed by atoms with E-state index in [1.807, 2.05) is 29.2 Å². The maximum atomic E-state index is 12.9. The first-order chi connectivity index (χ1) is 14.2. The molecule has 0 spiro atoms. The number of amides is 2. The molecule has 1 aromatic carbocycles. The molecule has 0 radical (unpaired) electrons. The summed E-state index contributed by atoms with van der Waals surface area (Å²) in [6.07, 6.45) is 10.1. The molecule has 1 saturated carbocycles. The highest BCUT2D eigenvalue weighted by molar-refractivity contribution is 5.94. The van der Waals surface area contributed by atoms with Crippen LogP contribution in [0.3, 0.4) is 0 Å².